The molecule has 7 heteroatoms. The van der Waals surface area contributed by atoms with Crippen LogP contribution in [0.4, 0.5) is 5.82 Å². The van der Waals surface area contributed by atoms with Crippen LogP contribution in [0.25, 0.3) is 11.1 Å². The smallest absolute Gasteiger partial charge is 0.263 e. The van der Waals surface area contributed by atoms with Crippen LogP contribution in [0.15, 0.2) is 4.52 Å². The Hall–Kier alpha value is -2.18. The van der Waals surface area contributed by atoms with Crippen molar-refractivity contribution in [3.63, 3.8) is 0 Å². The molecule has 2 aromatic heterocycles. The first-order chi connectivity index (χ1) is 11.6. The second kappa shape index (κ2) is 7.15. The molecule has 1 aliphatic rings. The molecule has 0 aromatic carbocycles. The zero-order valence-electron chi connectivity index (χ0n) is 14.6. The highest BCUT2D eigenvalue weighted by molar-refractivity contribution is 5.89. The number of hydrogen-bond donors (Lipinski definition) is 1. The van der Waals surface area contributed by atoms with Crippen molar-refractivity contribution < 1.29 is 9.32 Å². The largest absolute Gasteiger partial charge is 0.356 e. The fraction of sp³-hybridized carbons (Fsp3) is 0.647. The predicted molar refractivity (Wildman–Crippen MR) is 92.0 cm³/mol. The number of aryl methyl sites for hydroxylation is 2. The number of rotatable bonds is 5. The quantitative estimate of drug-likeness (QED) is 0.904. The number of amides is 1. The van der Waals surface area contributed by atoms with Crippen LogP contribution in [0, 0.1) is 12.8 Å². The fourth-order valence-corrected chi connectivity index (χ4v) is 3.24. The molecule has 0 bridgehead atoms. The van der Waals surface area contributed by atoms with Crippen molar-refractivity contribution in [2.24, 2.45) is 5.92 Å². The molecule has 1 saturated heterocycles. The van der Waals surface area contributed by atoms with Gasteiger partial charge in [0.15, 0.2) is 0 Å². The van der Waals surface area contributed by atoms with Crippen LogP contribution in [0.1, 0.15) is 44.6 Å². The topological polar surface area (TPSA) is 84.2 Å². The van der Waals surface area contributed by atoms with Crippen LogP contribution in [0.2, 0.25) is 0 Å². The summed E-state index contributed by atoms with van der Waals surface area (Å²) in [6, 6.07) is 0. The van der Waals surface area contributed by atoms with E-state index < -0.39 is 0 Å². The van der Waals surface area contributed by atoms with Gasteiger partial charge in [0.1, 0.15) is 17.0 Å². The van der Waals surface area contributed by atoms with Gasteiger partial charge in [0.25, 0.3) is 5.71 Å². The molecule has 1 fully saturated rings. The van der Waals surface area contributed by atoms with Crippen molar-refractivity contribution >= 4 is 22.8 Å². The Labute approximate surface area is 141 Å². The highest BCUT2D eigenvalue weighted by Gasteiger charge is 2.29. The van der Waals surface area contributed by atoms with Gasteiger partial charge in [-0.2, -0.15) is 4.98 Å². The zero-order chi connectivity index (χ0) is 17.1. The number of piperidine rings is 1. The van der Waals surface area contributed by atoms with Gasteiger partial charge in [-0.15, -0.1) is 0 Å². The minimum Gasteiger partial charge on any atom is -0.356 e. The van der Waals surface area contributed by atoms with E-state index in [2.05, 4.69) is 32.3 Å². The summed E-state index contributed by atoms with van der Waals surface area (Å²) in [5.74, 6) is 1.66. The summed E-state index contributed by atoms with van der Waals surface area (Å²) >= 11 is 0. The number of aromatic nitrogens is 3. The average Bonchev–Trinajstić information content (AvgIpc) is 3.01. The minimum atomic E-state index is 0.000517. The number of nitrogens with zero attached hydrogens (tertiary/aromatic N) is 4. The first kappa shape index (κ1) is 16.7. The average molecular weight is 331 g/mol. The summed E-state index contributed by atoms with van der Waals surface area (Å²) in [5.41, 5.74) is 1.41. The Morgan fingerprint density at radius 2 is 2.21 bits per heavy atom. The molecule has 1 atom stereocenters. The Morgan fingerprint density at radius 1 is 1.38 bits per heavy atom. The molecule has 1 unspecified atom stereocenters. The fourth-order valence-electron chi connectivity index (χ4n) is 3.24. The summed E-state index contributed by atoms with van der Waals surface area (Å²) in [6.07, 6.45) is 3.61. The van der Waals surface area contributed by atoms with E-state index >= 15 is 0 Å². The van der Waals surface area contributed by atoms with Crippen LogP contribution < -0.4 is 10.2 Å². The molecule has 130 valence electrons. The monoisotopic (exact) mass is 331 g/mol. The number of anilines is 1. The van der Waals surface area contributed by atoms with Crippen LogP contribution in [-0.2, 0) is 11.2 Å². The van der Waals surface area contributed by atoms with E-state index in [0.29, 0.717) is 18.1 Å². The molecule has 0 spiro atoms. The molecule has 7 nitrogen and oxygen atoms in total. The molecule has 3 heterocycles. The lowest BCUT2D eigenvalue weighted by molar-refractivity contribution is -0.125. The Morgan fingerprint density at radius 3 is 2.96 bits per heavy atom. The SMILES string of the molecule is CCCNC(=O)C1CCCN(c2nc(C)nc3onc(CC)c23)C1. The molecule has 1 N–H and O–H groups in total. The van der Waals surface area contributed by atoms with Gasteiger partial charge in [-0.05, 0) is 32.6 Å². The van der Waals surface area contributed by atoms with Gasteiger partial charge >= 0.3 is 0 Å². The first-order valence-electron chi connectivity index (χ1n) is 8.79. The summed E-state index contributed by atoms with van der Waals surface area (Å²) in [5, 5.41) is 8.02. The normalized spacial score (nSPS) is 18.1. The van der Waals surface area contributed by atoms with Crippen molar-refractivity contribution in [3.05, 3.63) is 11.5 Å². The molecule has 0 radical (unpaired) electrons. The highest BCUT2D eigenvalue weighted by Crippen LogP contribution is 2.30. The standard InChI is InChI=1S/C17H25N5O2/c1-4-8-18-16(23)12-7-6-9-22(10-12)15-14-13(5-2)21-24-17(14)20-11(3)19-15/h12H,4-10H2,1-3H3,(H,18,23). The van der Waals surface area contributed by atoms with Gasteiger partial charge in [-0.25, -0.2) is 4.98 Å². The van der Waals surface area contributed by atoms with Gasteiger partial charge in [0.05, 0.1) is 11.6 Å². The second-order valence-corrected chi connectivity index (χ2v) is 6.33. The van der Waals surface area contributed by atoms with Crippen molar-refractivity contribution in [3.8, 4) is 0 Å². The molecular weight excluding hydrogens is 306 g/mol. The number of hydrogen-bond acceptors (Lipinski definition) is 6. The lowest BCUT2D eigenvalue weighted by atomic mass is 9.96. The molecule has 1 amide bonds. The minimum absolute atomic E-state index is 0.000517. The maximum atomic E-state index is 12.3. The van der Waals surface area contributed by atoms with Crippen molar-refractivity contribution in [1.82, 2.24) is 20.4 Å². The van der Waals surface area contributed by atoms with Crippen molar-refractivity contribution in [2.75, 3.05) is 24.5 Å². The Kier molecular flexibility index (Phi) is 4.97. The summed E-state index contributed by atoms with van der Waals surface area (Å²) < 4.78 is 5.37. The van der Waals surface area contributed by atoms with Gasteiger partial charge < -0.3 is 14.7 Å². The number of nitrogens with one attached hydrogen (secondary N) is 1. The van der Waals surface area contributed by atoms with Gasteiger partial charge in [0, 0.05) is 19.6 Å². The van der Waals surface area contributed by atoms with E-state index in [9.17, 15) is 4.79 Å². The van der Waals surface area contributed by atoms with Gasteiger partial charge in [-0.3, -0.25) is 4.79 Å². The second-order valence-electron chi connectivity index (χ2n) is 6.33. The maximum Gasteiger partial charge on any atom is 0.263 e. The Balaban J connectivity index is 1.89. The molecule has 0 saturated carbocycles. The third-order valence-corrected chi connectivity index (χ3v) is 4.48. The summed E-state index contributed by atoms with van der Waals surface area (Å²) in [4.78, 5) is 23.5. The number of fused-ring (bicyclic) bond motifs is 1. The van der Waals surface area contributed by atoms with Crippen molar-refractivity contribution in [1.29, 1.82) is 0 Å². The number of carbonyl (C=O) groups excluding carboxylic acids is 1. The van der Waals surface area contributed by atoms with Crippen LogP contribution in [0.5, 0.6) is 0 Å². The van der Waals surface area contributed by atoms with E-state index in [0.717, 1.165) is 55.7 Å². The predicted octanol–water partition coefficient (Wildman–Crippen LogP) is 2.23. The van der Waals surface area contributed by atoms with Crippen LogP contribution in [-0.4, -0.2) is 40.7 Å². The highest BCUT2D eigenvalue weighted by atomic mass is 16.5. The Bertz CT molecular complexity index is 727. The van der Waals surface area contributed by atoms with Crippen LogP contribution in [0.3, 0.4) is 0 Å². The third kappa shape index (κ3) is 3.20. The molecular formula is C17H25N5O2. The van der Waals surface area contributed by atoms with E-state index in [1.54, 1.807) is 0 Å². The first-order valence-corrected chi connectivity index (χ1v) is 8.79. The van der Waals surface area contributed by atoms with E-state index in [1.165, 1.54) is 0 Å². The summed E-state index contributed by atoms with van der Waals surface area (Å²) in [6.45, 7) is 8.25. The molecule has 1 aliphatic heterocycles. The van der Waals surface area contributed by atoms with E-state index in [1.807, 2.05) is 13.8 Å². The molecule has 2 aromatic rings. The lowest BCUT2D eigenvalue weighted by Crippen LogP contribution is -2.43. The van der Waals surface area contributed by atoms with Crippen LogP contribution >= 0.6 is 0 Å². The summed E-state index contributed by atoms with van der Waals surface area (Å²) in [7, 11) is 0. The zero-order valence-corrected chi connectivity index (χ0v) is 14.6. The van der Waals surface area contributed by atoms with Gasteiger partial charge in [0.2, 0.25) is 5.91 Å². The molecule has 24 heavy (non-hydrogen) atoms. The lowest BCUT2D eigenvalue weighted by Gasteiger charge is -2.33. The maximum absolute atomic E-state index is 12.3. The van der Waals surface area contributed by atoms with E-state index in [4.69, 9.17) is 4.52 Å². The molecule has 0 aliphatic carbocycles. The number of carbonyl (C=O) groups is 1. The molecule has 3 rings (SSSR count). The van der Waals surface area contributed by atoms with Gasteiger partial charge in [-0.1, -0.05) is 19.0 Å². The van der Waals surface area contributed by atoms with Crippen molar-refractivity contribution in [2.45, 2.75) is 46.5 Å². The van der Waals surface area contributed by atoms with E-state index in [-0.39, 0.29) is 11.8 Å². The third-order valence-electron chi connectivity index (χ3n) is 4.48.